The lowest BCUT2D eigenvalue weighted by Gasteiger charge is -2.16. The second-order valence-electron chi connectivity index (χ2n) is 8.01. The first-order chi connectivity index (χ1) is 15.6. The Morgan fingerprint density at radius 2 is 2.09 bits per heavy atom. The molecule has 0 bridgehead atoms. The van der Waals surface area contributed by atoms with Gasteiger partial charge in [0.1, 0.15) is 5.75 Å². The molecule has 7 heteroatoms. The average Bonchev–Trinajstić information content (AvgIpc) is 3.40. The summed E-state index contributed by atoms with van der Waals surface area (Å²) in [5.41, 5.74) is 5.43. The number of halogens is 1. The molecule has 1 aliphatic heterocycles. The van der Waals surface area contributed by atoms with E-state index in [4.69, 9.17) is 14.8 Å². The van der Waals surface area contributed by atoms with Crippen molar-refractivity contribution in [1.82, 2.24) is 24.3 Å². The summed E-state index contributed by atoms with van der Waals surface area (Å²) in [7, 11) is 1.70. The van der Waals surface area contributed by atoms with Gasteiger partial charge in [-0.2, -0.15) is 5.10 Å². The topological polar surface area (TPSA) is 57.8 Å². The van der Waals surface area contributed by atoms with Gasteiger partial charge in [-0.1, -0.05) is 34.1 Å². The normalized spacial score (nSPS) is 14.5. The Balaban J connectivity index is 1.45. The molecule has 4 aromatic rings. The number of aryl methyl sites for hydroxylation is 2. The predicted molar refractivity (Wildman–Crippen MR) is 129 cm³/mol. The van der Waals surface area contributed by atoms with Crippen LogP contribution in [0.15, 0.2) is 59.5 Å². The third-order valence-electron chi connectivity index (χ3n) is 5.60. The molecule has 1 aliphatic rings. The third kappa shape index (κ3) is 4.25. The van der Waals surface area contributed by atoms with Gasteiger partial charge in [0.15, 0.2) is 11.6 Å². The maximum Gasteiger partial charge on any atom is 0.155 e. The van der Waals surface area contributed by atoms with Crippen LogP contribution in [0.2, 0.25) is 0 Å². The first kappa shape index (κ1) is 20.7. The van der Waals surface area contributed by atoms with Gasteiger partial charge in [0.25, 0.3) is 0 Å². The largest absolute Gasteiger partial charge is 0.495 e. The Kier molecular flexibility index (Phi) is 5.66. The molecule has 2 aromatic carbocycles. The fourth-order valence-corrected chi connectivity index (χ4v) is 4.55. The number of rotatable bonds is 5. The van der Waals surface area contributed by atoms with E-state index < -0.39 is 0 Å². The molecule has 0 radical (unpaired) electrons. The molecule has 0 amide bonds. The van der Waals surface area contributed by atoms with Gasteiger partial charge >= 0.3 is 0 Å². The highest BCUT2D eigenvalue weighted by Gasteiger charge is 2.19. The summed E-state index contributed by atoms with van der Waals surface area (Å²) in [5.74, 6) is 2.63. The van der Waals surface area contributed by atoms with E-state index in [1.165, 1.54) is 11.1 Å². The minimum atomic E-state index is 0.722. The van der Waals surface area contributed by atoms with Crippen molar-refractivity contribution < 1.29 is 4.74 Å². The van der Waals surface area contributed by atoms with E-state index >= 15 is 0 Å². The monoisotopic (exact) mass is 489 g/mol. The lowest BCUT2D eigenvalue weighted by atomic mass is 10.0. The van der Waals surface area contributed by atoms with E-state index in [1.807, 2.05) is 40.8 Å². The molecule has 0 N–H and O–H groups in total. The molecule has 0 aliphatic carbocycles. The summed E-state index contributed by atoms with van der Waals surface area (Å²) < 4.78 is 10.8. The molecule has 2 aromatic heterocycles. The smallest absolute Gasteiger partial charge is 0.155 e. The van der Waals surface area contributed by atoms with Crippen LogP contribution in [-0.2, 0) is 13.0 Å². The molecule has 0 unspecified atom stereocenters. The fourth-order valence-electron chi connectivity index (χ4n) is 4.11. The molecule has 3 heterocycles. The van der Waals surface area contributed by atoms with Gasteiger partial charge in [0.05, 0.1) is 24.8 Å². The van der Waals surface area contributed by atoms with Crippen molar-refractivity contribution in [3.8, 4) is 11.4 Å². The van der Waals surface area contributed by atoms with Crippen LogP contribution in [0.5, 0.6) is 5.75 Å². The molecule has 5 rings (SSSR count). The standard InChI is InChI=1S/C25H24BrN5O/c1-17-15-30(16-27-17)22-9-8-19(13-23(22)32-2)11-20-6-4-10-31-25(20)28-24(29-31)14-18-5-3-7-21(26)12-18/h3,5,7-9,11-13,15-16H,4,6,10,14H2,1-2H3/b20-11+. The Bertz CT molecular complexity index is 1300. The van der Waals surface area contributed by atoms with Crippen molar-refractivity contribution in [2.45, 2.75) is 32.7 Å². The summed E-state index contributed by atoms with van der Waals surface area (Å²) >= 11 is 3.54. The molecule has 0 fully saturated rings. The second-order valence-corrected chi connectivity index (χ2v) is 8.92. The number of methoxy groups -OCH3 is 1. The zero-order valence-corrected chi connectivity index (χ0v) is 19.7. The molecule has 32 heavy (non-hydrogen) atoms. The van der Waals surface area contributed by atoms with Crippen LogP contribution in [0.25, 0.3) is 17.3 Å². The Hall–Kier alpha value is -3.19. The highest BCUT2D eigenvalue weighted by Crippen LogP contribution is 2.30. The Morgan fingerprint density at radius 1 is 1.19 bits per heavy atom. The van der Waals surface area contributed by atoms with Crippen LogP contribution in [0.1, 0.15) is 41.3 Å². The lowest BCUT2D eigenvalue weighted by Crippen LogP contribution is -2.11. The van der Waals surface area contributed by atoms with Crippen molar-refractivity contribution in [1.29, 1.82) is 0 Å². The summed E-state index contributed by atoms with van der Waals surface area (Å²) in [6.45, 7) is 2.88. The van der Waals surface area contributed by atoms with Crippen LogP contribution in [0, 0.1) is 6.92 Å². The van der Waals surface area contributed by atoms with Crippen molar-refractivity contribution in [2.24, 2.45) is 0 Å². The molecule has 6 nitrogen and oxygen atoms in total. The molecular formula is C25H24BrN5O. The molecule has 0 atom stereocenters. The molecule has 0 saturated carbocycles. The lowest BCUT2D eigenvalue weighted by molar-refractivity contribution is 0.413. The summed E-state index contributed by atoms with van der Waals surface area (Å²) in [5, 5.41) is 4.77. The molecule has 0 spiro atoms. The highest BCUT2D eigenvalue weighted by atomic mass is 79.9. The summed E-state index contributed by atoms with van der Waals surface area (Å²) in [4.78, 5) is 9.21. The van der Waals surface area contributed by atoms with E-state index in [0.717, 1.165) is 64.6 Å². The van der Waals surface area contributed by atoms with Crippen molar-refractivity contribution in [3.63, 3.8) is 0 Å². The minimum absolute atomic E-state index is 0.722. The molecule has 162 valence electrons. The number of hydrogen-bond acceptors (Lipinski definition) is 4. The maximum absolute atomic E-state index is 5.67. The van der Waals surface area contributed by atoms with Crippen LogP contribution >= 0.6 is 15.9 Å². The van der Waals surface area contributed by atoms with Crippen LogP contribution in [0.4, 0.5) is 0 Å². The van der Waals surface area contributed by atoms with Gasteiger partial charge in [-0.05, 0) is 66.8 Å². The van der Waals surface area contributed by atoms with Crippen molar-refractivity contribution >= 4 is 27.6 Å². The van der Waals surface area contributed by atoms with Gasteiger partial charge in [-0.3, -0.25) is 0 Å². The van der Waals surface area contributed by atoms with E-state index in [0.29, 0.717) is 0 Å². The van der Waals surface area contributed by atoms with Gasteiger partial charge in [0, 0.05) is 23.6 Å². The predicted octanol–water partition coefficient (Wildman–Crippen LogP) is 5.47. The van der Waals surface area contributed by atoms with Gasteiger partial charge in [0.2, 0.25) is 0 Å². The van der Waals surface area contributed by atoms with Gasteiger partial charge < -0.3 is 9.30 Å². The van der Waals surface area contributed by atoms with Crippen molar-refractivity contribution in [2.75, 3.05) is 7.11 Å². The average molecular weight is 490 g/mol. The van der Waals surface area contributed by atoms with Gasteiger partial charge in [-0.15, -0.1) is 0 Å². The number of aromatic nitrogens is 5. The van der Waals surface area contributed by atoms with Gasteiger partial charge in [-0.25, -0.2) is 14.6 Å². The van der Waals surface area contributed by atoms with E-state index in [1.54, 1.807) is 7.11 Å². The second kappa shape index (κ2) is 8.74. The first-order valence-electron chi connectivity index (χ1n) is 10.7. The summed E-state index contributed by atoms with van der Waals surface area (Å²) in [6, 6.07) is 14.5. The van der Waals surface area contributed by atoms with E-state index in [-0.39, 0.29) is 0 Å². The minimum Gasteiger partial charge on any atom is -0.495 e. The zero-order valence-electron chi connectivity index (χ0n) is 18.1. The maximum atomic E-state index is 5.67. The highest BCUT2D eigenvalue weighted by molar-refractivity contribution is 9.10. The number of imidazole rings is 1. The summed E-state index contributed by atoms with van der Waals surface area (Å²) in [6.07, 6.45) is 8.77. The number of hydrogen-bond donors (Lipinski definition) is 0. The fraction of sp³-hybridized carbons (Fsp3) is 0.240. The van der Waals surface area contributed by atoms with Crippen LogP contribution in [0.3, 0.4) is 0 Å². The zero-order chi connectivity index (χ0) is 22.1. The van der Waals surface area contributed by atoms with E-state index in [2.05, 4.69) is 57.3 Å². The number of ether oxygens (including phenoxy) is 1. The van der Waals surface area contributed by atoms with Crippen LogP contribution in [-0.4, -0.2) is 31.4 Å². The number of allylic oxidation sites excluding steroid dienone is 1. The van der Waals surface area contributed by atoms with Crippen LogP contribution < -0.4 is 4.74 Å². The quantitative estimate of drug-likeness (QED) is 0.373. The number of benzene rings is 2. The van der Waals surface area contributed by atoms with E-state index in [9.17, 15) is 0 Å². The SMILES string of the molecule is COc1cc(/C=C2\CCCn3nc(Cc4cccc(Br)c4)nc32)ccc1-n1cnc(C)c1. The molecule has 0 saturated heterocycles. The van der Waals surface area contributed by atoms with Crippen molar-refractivity contribution in [3.05, 3.63) is 87.9 Å². The Labute approximate surface area is 195 Å². The number of fused-ring (bicyclic) bond motifs is 1. The molecular weight excluding hydrogens is 466 g/mol. The first-order valence-corrected chi connectivity index (χ1v) is 11.5. The Morgan fingerprint density at radius 3 is 2.88 bits per heavy atom. The number of nitrogens with zero attached hydrogens (tertiary/aromatic N) is 5. The third-order valence-corrected chi connectivity index (χ3v) is 6.10.